The summed E-state index contributed by atoms with van der Waals surface area (Å²) in [4.78, 5) is 15.8. The average molecular weight is 466 g/mol. The van der Waals surface area contributed by atoms with Crippen LogP contribution in [0.25, 0.3) is 0 Å². The van der Waals surface area contributed by atoms with Crippen molar-refractivity contribution in [3.05, 3.63) is 35.0 Å². The van der Waals surface area contributed by atoms with Gasteiger partial charge in [-0.15, -0.1) is 0 Å². The highest BCUT2D eigenvalue weighted by Gasteiger charge is 2.39. The lowest BCUT2D eigenvalue weighted by Gasteiger charge is -2.42. The lowest BCUT2D eigenvalue weighted by Crippen LogP contribution is -2.48. The molecule has 0 amide bonds. The molecule has 0 bridgehead atoms. The molecule has 0 spiro atoms. The lowest BCUT2D eigenvalue weighted by molar-refractivity contribution is 0.144. The molecule has 3 atom stereocenters. The Balaban J connectivity index is 1.40. The van der Waals surface area contributed by atoms with Gasteiger partial charge in [0.05, 0.1) is 56.7 Å². The zero-order valence-corrected chi connectivity index (χ0v) is 18.6. The van der Waals surface area contributed by atoms with Gasteiger partial charge in [-0.2, -0.15) is 0 Å². The molecule has 2 N–H and O–H groups in total. The van der Waals surface area contributed by atoms with Crippen LogP contribution in [-0.2, 0) is 17.2 Å². The summed E-state index contributed by atoms with van der Waals surface area (Å²) in [6.45, 7) is 0.845. The van der Waals surface area contributed by atoms with Crippen molar-refractivity contribution in [3.63, 3.8) is 0 Å². The van der Waals surface area contributed by atoms with Crippen LogP contribution >= 0.6 is 11.6 Å². The minimum atomic E-state index is -1.13. The second kappa shape index (κ2) is 8.26. The van der Waals surface area contributed by atoms with Crippen LogP contribution < -0.4 is 10.2 Å². The largest absolute Gasteiger partial charge is 0.394 e. The predicted molar refractivity (Wildman–Crippen MR) is 118 cm³/mol. The number of rotatable bonds is 5. The molecular weight excluding hydrogens is 441 g/mol. The molecule has 2 aromatic rings. The van der Waals surface area contributed by atoms with Crippen molar-refractivity contribution in [3.8, 4) is 0 Å². The highest BCUT2D eigenvalue weighted by atomic mass is 35.5. The number of aromatic nitrogens is 3. The van der Waals surface area contributed by atoms with Gasteiger partial charge in [-0.3, -0.25) is 4.21 Å². The third kappa shape index (κ3) is 3.91. The summed E-state index contributed by atoms with van der Waals surface area (Å²) in [6.07, 6.45) is 5.89. The molecule has 0 aromatic carbocycles. The van der Waals surface area contributed by atoms with Gasteiger partial charge in [0.2, 0.25) is 0 Å². The molecule has 10 heteroatoms. The molecule has 2 unspecified atom stereocenters. The second-order valence-corrected chi connectivity index (χ2v) is 10.6. The number of aryl methyl sites for hydroxylation is 1. The van der Waals surface area contributed by atoms with E-state index in [9.17, 15) is 9.32 Å². The number of hydrogen-bond acceptors (Lipinski definition) is 7. The van der Waals surface area contributed by atoms with E-state index in [0.717, 1.165) is 35.5 Å². The first-order valence-corrected chi connectivity index (χ1v) is 12.4. The van der Waals surface area contributed by atoms with Gasteiger partial charge < -0.3 is 15.3 Å². The number of hydrogen-bond donors (Lipinski definition) is 2. The molecule has 2 fully saturated rings. The summed E-state index contributed by atoms with van der Waals surface area (Å²) in [5, 5.41) is 13.8. The Morgan fingerprint density at radius 2 is 2.13 bits per heavy atom. The molecule has 31 heavy (non-hydrogen) atoms. The van der Waals surface area contributed by atoms with Gasteiger partial charge in [0.25, 0.3) is 0 Å². The first-order valence-electron chi connectivity index (χ1n) is 10.7. The Kier molecular flexibility index (Phi) is 5.60. The van der Waals surface area contributed by atoms with Crippen LogP contribution in [0.4, 0.5) is 15.9 Å². The van der Waals surface area contributed by atoms with Gasteiger partial charge in [-0.25, -0.2) is 19.3 Å². The van der Waals surface area contributed by atoms with E-state index < -0.39 is 17.0 Å². The van der Waals surface area contributed by atoms with E-state index in [0.29, 0.717) is 41.8 Å². The summed E-state index contributed by atoms with van der Waals surface area (Å²) in [7, 11) is -1.10. The van der Waals surface area contributed by atoms with Crippen LogP contribution in [0, 0.1) is 0 Å². The maximum Gasteiger partial charge on any atom is 0.134 e. The Bertz CT molecular complexity index is 998. The van der Waals surface area contributed by atoms with E-state index in [4.69, 9.17) is 16.6 Å². The van der Waals surface area contributed by atoms with Gasteiger partial charge in [-0.1, -0.05) is 11.6 Å². The quantitative estimate of drug-likeness (QED) is 0.701. The molecule has 1 saturated heterocycles. The summed E-state index contributed by atoms with van der Waals surface area (Å²) in [5.41, 5.74) is 1.22. The van der Waals surface area contributed by atoms with Crippen molar-refractivity contribution in [2.24, 2.45) is 0 Å². The Morgan fingerprint density at radius 3 is 2.77 bits per heavy atom. The molecule has 4 heterocycles. The molecule has 2 aromatic heterocycles. The lowest BCUT2D eigenvalue weighted by atomic mass is 9.77. The maximum absolute atomic E-state index is 15.1. The van der Waals surface area contributed by atoms with Crippen molar-refractivity contribution >= 4 is 33.9 Å². The van der Waals surface area contributed by atoms with E-state index in [-0.39, 0.29) is 24.6 Å². The monoisotopic (exact) mass is 465 g/mol. The first-order chi connectivity index (χ1) is 15.0. The molecular formula is C21H25ClFN5O2S. The summed E-state index contributed by atoms with van der Waals surface area (Å²) < 4.78 is 27.7. The fraction of sp³-hybridized carbons (Fsp3) is 0.571. The van der Waals surface area contributed by atoms with Crippen molar-refractivity contribution < 1.29 is 13.7 Å². The van der Waals surface area contributed by atoms with Crippen LogP contribution in [0.2, 0.25) is 5.02 Å². The number of anilines is 2. The van der Waals surface area contributed by atoms with Crippen LogP contribution in [0.1, 0.15) is 43.1 Å². The number of nitrogens with zero attached hydrogens (tertiary/aromatic N) is 4. The predicted octanol–water partition coefficient (Wildman–Crippen LogP) is 2.85. The summed E-state index contributed by atoms with van der Waals surface area (Å²) in [6, 6.07) is 1.88. The van der Waals surface area contributed by atoms with Crippen molar-refractivity contribution in [2.45, 2.75) is 54.6 Å². The molecule has 3 aliphatic rings. The number of pyridine rings is 1. The van der Waals surface area contributed by atoms with Crippen LogP contribution in [-0.4, -0.2) is 61.4 Å². The van der Waals surface area contributed by atoms with Crippen molar-refractivity contribution in [1.29, 1.82) is 0 Å². The minimum absolute atomic E-state index is 0.0328. The number of halogens is 2. The molecule has 166 valence electrons. The van der Waals surface area contributed by atoms with Crippen LogP contribution in [0.5, 0.6) is 0 Å². The number of nitrogens with one attached hydrogen (secondary N) is 1. The number of alkyl halides is 1. The minimum Gasteiger partial charge on any atom is -0.394 e. The van der Waals surface area contributed by atoms with E-state index in [1.807, 2.05) is 11.0 Å². The smallest absolute Gasteiger partial charge is 0.134 e. The van der Waals surface area contributed by atoms with E-state index >= 15 is 4.39 Å². The zero-order chi connectivity index (χ0) is 21.6. The number of piperidine rings is 1. The fourth-order valence-corrected chi connectivity index (χ4v) is 6.12. The third-order valence-electron chi connectivity index (χ3n) is 6.63. The Morgan fingerprint density at radius 1 is 1.35 bits per heavy atom. The number of aliphatic hydroxyl groups is 1. The third-order valence-corrected chi connectivity index (χ3v) is 8.31. The van der Waals surface area contributed by atoms with E-state index in [1.54, 1.807) is 0 Å². The topological polar surface area (TPSA) is 91.2 Å². The number of aliphatic hydroxyl groups excluding tert-OH is 1. The highest BCUT2D eigenvalue weighted by Crippen LogP contribution is 2.40. The average Bonchev–Trinajstić information content (AvgIpc) is 3.12. The standard InChI is InChI=1S/C21H25ClFN5O2S/c22-13-9-24-20(25-10-13)14-2-6-28(11-15(14)23)18-8-17(27-21(12-29)4-1-5-21)19-16(26-18)3-7-31(19)30/h8-10,14-15,29H,1-7,11-12H2,(H,26,27)/t14?,15?,31-/m0/s1. The van der Waals surface area contributed by atoms with E-state index in [1.165, 1.54) is 12.4 Å². The van der Waals surface area contributed by atoms with Crippen molar-refractivity contribution in [1.82, 2.24) is 15.0 Å². The molecule has 7 nitrogen and oxygen atoms in total. The summed E-state index contributed by atoms with van der Waals surface area (Å²) in [5.74, 6) is 1.34. The molecule has 5 rings (SSSR count). The summed E-state index contributed by atoms with van der Waals surface area (Å²) >= 11 is 5.85. The van der Waals surface area contributed by atoms with Crippen LogP contribution in [0.15, 0.2) is 23.4 Å². The first kappa shape index (κ1) is 21.0. The maximum atomic E-state index is 15.1. The zero-order valence-electron chi connectivity index (χ0n) is 17.1. The van der Waals surface area contributed by atoms with Crippen LogP contribution in [0.3, 0.4) is 0 Å². The van der Waals surface area contributed by atoms with Gasteiger partial charge in [0, 0.05) is 37.2 Å². The van der Waals surface area contributed by atoms with Crippen molar-refractivity contribution in [2.75, 3.05) is 35.7 Å². The van der Waals surface area contributed by atoms with Gasteiger partial charge in [0.15, 0.2) is 0 Å². The van der Waals surface area contributed by atoms with Gasteiger partial charge in [0.1, 0.15) is 17.8 Å². The fourth-order valence-electron chi connectivity index (χ4n) is 4.67. The Hall–Kier alpha value is -1.84. The highest BCUT2D eigenvalue weighted by molar-refractivity contribution is 7.85. The number of fused-ring (bicyclic) bond motifs is 1. The molecule has 0 radical (unpaired) electrons. The second-order valence-electron chi connectivity index (χ2n) is 8.64. The molecule has 2 aliphatic heterocycles. The molecule has 1 aliphatic carbocycles. The molecule has 1 saturated carbocycles. The normalized spacial score (nSPS) is 26.9. The Labute approximate surface area is 187 Å². The SMILES string of the molecule is O=[S@]1CCc2nc(N3CCC(c4ncc(Cl)cn4)C(F)C3)cc(NC3(CO)CCC3)c21. The van der Waals surface area contributed by atoms with Gasteiger partial charge in [-0.05, 0) is 25.7 Å². The van der Waals surface area contributed by atoms with E-state index in [2.05, 4.69) is 15.3 Å². The van der Waals surface area contributed by atoms with Gasteiger partial charge >= 0.3 is 0 Å².